The first-order chi connectivity index (χ1) is 18.5. The third-order valence-electron chi connectivity index (χ3n) is 6.94. The van der Waals surface area contributed by atoms with E-state index in [2.05, 4.69) is 4.98 Å². The maximum absolute atomic E-state index is 14.2. The van der Waals surface area contributed by atoms with Gasteiger partial charge in [0.25, 0.3) is 5.91 Å². The van der Waals surface area contributed by atoms with Crippen LogP contribution in [0, 0.1) is 0 Å². The van der Waals surface area contributed by atoms with E-state index in [9.17, 15) is 31.1 Å². The number of H-pyrrole nitrogens is 1. The van der Waals surface area contributed by atoms with E-state index in [-0.39, 0.29) is 6.07 Å². The Labute approximate surface area is 218 Å². The summed E-state index contributed by atoms with van der Waals surface area (Å²) in [6.07, 6.45) is -8.45. The zero-order valence-corrected chi connectivity index (χ0v) is 19.9. The van der Waals surface area contributed by atoms with Crippen LogP contribution in [0.3, 0.4) is 0 Å². The number of hydrogen-bond acceptors (Lipinski definition) is 1. The molecule has 1 aliphatic rings. The third kappa shape index (κ3) is 4.14. The number of carbonyl (C=O) groups is 1. The summed E-state index contributed by atoms with van der Waals surface area (Å²) in [4.78, 5) is 18.6. The van der Waals surface area contributed by atoms with Gasteiger partial charge in [0, 0.05) is 33.8 Å². The fraction of sp³-hybridized carbons (Fsp3) is 0.100. The van der Waals surface area contributed by atoms with E-state index in [0.29, 0.717) is 34.5 Å². The highest BCUT2D eigenvalue weighted by Crippen LogP contribution is 2.49. The minimum atomic E-state index is -5.08. The summed E-state index contributed by atoms with van der Waals surface area (Å²) in [6, 6.07) is 21.6. The largest absolute Gasteiger partial charge is 0.416 e. The molecular formula is C30H18F6N2O. The number of para-hydroxylation sites is 2. The predicted octanol–water partition coefficient (Wildman–Crippen LogP) is 8.62. The van der Waals surface area contributed by atoms with Gasteiger partial charge in [0.1, 0.15) is 0 Å². The summed E-state index contributed by atoms with van der Waals surface area (Å²) in [7, 11) is 0. The molecule has 2 heterocycles. The molecule has 0 bridgehead atoms. The molecule has 0 saturated carbocycles. The number of halogens is 6. The molecule has 1 aliphatic heterocycles. The van der Waals surface area contributed by atoms with Crippen molar-refractivity contribution in [3.8, 4) is 11.1 Å². The van der Waals surface area contributed by atoms with Crippen molar-refractivity contribution >= 4 is 22.5 Å². The lowest BCUT2D eigenvalue weighted by Crippen LogP contribution is -2.38. The van der Waals surface area contributed by atoms with E-state index in [0.717, 1.165) is 16.5 Å². The smallest absolute Gasteiger partial charge is 0.361 e. The number of hydrogen-bond donors (Lipinski definition) is 1. The molecule has 0 aliphatic carbocycles. The van der Waals surface area contributed by atoms with Crippen LogP contribution in [0.5, 0.6) is 0 Å². The van der Waals surface area contributed by atoms with Crippen LogP contribution in [0.1, 0.15) is 38.7 Å². The average molecular weight is 536 g/mol. The summed E-state index contributed by atoms with van der Waals surface area (Å²) in [5, 5.41) is 0.773. The molecule has 6 rings (SSSR count). The van der Waals surface area contributed by atoms with Crippen molar-refractivity contribution in [2.24, 2.45) is 0 Å². The number of aromatic amines is 1. The number of anilines is 1. The third-order valence-corrected chi connectivity index (χ3v) is 6.94. The Morgan fingerprint density at radius 3 is 1.97 bits per heavy atom. The van der Waals surface area contributed by atoms with Crippen LogP contribution in [0.4, 0.5) is 32.0 Å². The summed E-state index contributed by atoms with van der Waals surface area (Å²) in [5.74, 6) is -0.983. The molecule has 4 aromatic carbocycles. The molecule has 1 aromatic heterocycles. The molecule has 1 N–H and O–H groups in total. The molecule has 1 unspecified atom stereocenters. The van der Waals surface area contributed by atoms with Gasteiger partial charge < -0.3 is 4.98 Å². The highest BCUT2D eigenvalue weighted by Gasteiger charge is 2.41. The lowest BCUT2D eigenvalue weighted by atomic mass is 9.84. The van der Waals surface area contributed by atoms with E-state index in [1.165, 1.54) is 4.90 Å². The molecule has 196 valence electrons. The highest BCUT2D eigenvalue weighted by atomic mass is 19.4. The monoisotopic (exact) mass is 536 g/mol. The van der Waals surface area contributed by atoms with E-state index in [1.54, 1.807) is 36.5 Å². The van der Waals surface area contributed by atoms with Crippen LogP contribution >= 0.6 is 0 Å². The second kappa shape index (κ2) is 8.76. The van der Waals surface area contributed by atoms with Gasteiger partial charge in [-0.1, -0.05) is 60.7 Å². The molecular weight excluding hydrogens is 518 g/mol. The zero-order valence-electron chi connectivity index (χ0n) is 19.9. The number of nitrogens with zero attached hydrogens (tertiary/aromatic N) is 1. The maximum Gasteiger partial charge on any atom is 0.416 e. The number of alkyl halides is 6. The van der Waals surface area contributed by atoms with Crippen LogP contribution in [-0.2, 0) is 12.4 Å². The SMILES string of the molecule is O=C(c1cc(C(F)(F)F)cc(C(F)(F)F)c1)N1c2ccccc2-c2ccccc2C1c1c[nH]c2ccccc12. The van der Waals surface area contributed by atoms with Crippen molar-refractivity contribution < 1.29 is 31.1 Å². The van der Waals surface area contributed by atoms with Gasteiger partial charge in [0.05, 0.1) is 22.9 Å². The Morgan fingerprint density at radius 2 is 1.28 bits per heavy atom. The van der Waals surface area contributed by atoms with Crippen molar-refractivity contribution in [3.05, 3.63) is 125 Å². The van der Waals surface area contributed by atoms with Gasteiger partial charge in [0.15, 0.2) is 0 Å². The first-order valence-electron chi connectivity index (χ1n) is 11.9. The number of amides is 1. The van der Waals surface area contributed by atoms with Crippen LogP contribution in [0.2, 0.25) is 0 Å². The van der Waals surface area contributed by atoms with Gasteiger partial charge in [-0.25, -0.2) is 0 Å². The van der Waals surface area contributed by atoms with Crippen LogP contribution < -0.4 is 4.90 Å². The lowest BCUT2D eigenvalue weighted by molar-refractivity contribution is -0.143. The molecule has 0 radical (unpaired) electrons. The van der Waals surface area contributed by atoms with Gasteiger partial charge in [-0.3, -0.25) is 9.69 Å². The fourth-order valence-corrected chi connectivity index (χ4v) is 5.24. The first kappa shape index (κ1) is 24.8. The first-order valence-corrected chi connectivity index (χ1v) is 11.9. The Hall–Kier alpha value is -4.53. The molecule has 0 spiro atoms. The fourth-order valence-electron chi connectivity index (χ4n) is 5.24. The average Bonchev–Trinajstić information content (AvgIpc) is 3.34. The summed E-state index contributed by atoms with van der Waals surface area (Å²) in [6.45, 7) is 0. The van der Waals surface area contributed by atoms with Gasteiger partial charge in [0.2, 0.25) is 0 Å². The van der Waals surface area contributed by atoms with Crippen LogP contribution in [-0.4, -0.2) is 10.9 Å². The number of nitrogens with one attached hydrogen (secondary N) is 1. The summed E-state index contributed by atoms with van der Waals surface area (Å²) >= 11 is 0. The van der Waals surface area contributed by atoms with Gasteiger partial charge in [-0.05, 0) is 41.5 Å². The summed E-state index contributed by atoms with van der Waals surface area (Å²) in [5.41, 5.74) is 0.146. The molecule has 3 nitrogen and oxygen atoms in total. The Balaban J connectivity index is 1.62. The second-order valence-corrected chi connectivity index (χ2v) is 9.27. The van der Waals surface area contributed by atoms with E-state index in [1.807, 2.05) is 42.5 Å². The molecule has 0 saturated heterocycles. The van der Waals surface area contributed by atoms with Crippen LogP contribution in [0.25, 0.3) is 22.0 Å². The van der Waals surface area contributed by atoms with Crippen LogP contribution in [0.15, 0.2) is 97.2 Å². The number of carbonyl (C=O) groups excluding carboxylic acids is 1. The van der Waals surface area contributed by atoms with E-state index in [4.69, 9.17) is 0 Å². The summed E-state index contributed by atoms with van der Waals surface area (Å²) < 4.78 is 81.9. The number of aromatic nitrogens is 1. The van der Waals surface area contributed by atoms with Crippen molar-refractivity contribution in [2.75, 3.05) is 4.90 Å². The standard InChI is InChI=1S/C30H18F6N2O/c31-29(32,33)18-13-17(14-19(15-18)30(34,35)36)28(39)38-26-12-6-4-9-22(26)20-7-1-2-10-23(20)27(38)24-16-37-25-11-5-3-8-21(24)25/h1-16,27,37H. The van der Waals surface area contributed by atoms with E-state index < -0.39 is 41.0 Å². The minimum Gasteiger partial charge on any atom is -0.361 e. The Morgan fingerprint density at radius 1 is 0.692 bits per heavy atom. The molecule has 1 amide bonds. The molecule has 39 heavy (non-hydrogen) atoms. The molecule has 1 atom stereocenters. The van der Waals surface area contributed by atoms with Crippen molar-refractivity contribution in [1.29, 1.82) is 0 Å². The second-order valence-electron chi connectivity index (χ2n) is 9.27. The maximum atomic E-state index is 14.2. The molecule has 5 aromatic rings. The zero-order chi connectivity index (χ0) is 27.5. The van der Waals surface area contributed by atoms with E-state index >= 15 is 0 Å². The topological polar surface area (TPSA) is 36.1 Å². The number of benzene rings is 4. The van der Waals surface area contributed by atoms with Crippen molar-refractivity contribution in [3.63, 3.8) is 0 Å². The van der Waals surface area contributed by atoms with Gasteiger partial charge in [-0.15, -0.1) is 0 Å². The van der Waals surface area contributed by atoms with Crippen molar-refractivity contribution in [2.45, 2.75) is 18.4 Å². The Bertz CT molecular complexity index is 1700. The molecule has 0 fully saturated rings. The van der Waals surface area contributed by atoms with Crippen molar-refractivity contribution in [1.82, 2.24) is 4.98 Å². The normalized spacial score (nSPS) is 15.2. The van der Waals surface area contributed by atoms with Gasteiger partial charge in [-0.2, -0.15) is 26.3 Å². The Kier molecular flexibility index (Phi) is 5.57. The quantitative estimate of drug-likeness (QED) is 0.225. The predicted molar refractivity (Wildman–Crippen MR) is 135 cm³/mol. The van der Waals surface area contributed by atoms with Gasteiger partial charge >= 0.3 is 12.4 Å². The molecule has 9 heteroatoms. The highest BCUT2D eigenvalue weighted by molar-refractivity contribution is 6.11. The number of rotatable bonds is 2. The number of fused-ring (bicyclic) bond motifs is 4. The lowest BCUT2D eigenvalue weighted by Gasteiger charge is -2.39. The minimum absolute atomic E-state index is 0.0212.